The molecule has 96 valence electrons. The summed E-state index contributed by atoms with van der Waals surface area (Å²) < 4.78 is 21.9. The molecule has 1 aromatic rings. The lowest BCUT2D eigenvalue weighted by Gasteiger charge is -2.28. The Labute approximate surface area is 104 Å². The summed E-state index contributed by atoms with van der Waals surface area (Å²) in [6.07, 6.45) is 0. The molecule has 0 saturated carbocycles. The minimum absolute atomic E-state index is 0.814. The van der Waals surface area contributed by atoms with Gasteiger partial charge in [0.05, 0.1) is 7.11 Å². The van der Waals surface area contributed by atoms with E-state index in [2.05, 4.69) is 0 Å². The molecule has 0 aromatic heterocycles. The van der Waals surface area contributed by atoms with E-state index < -0.39 is 8.80 Å². The molecular formula is C12H20O4Si. The van der Waals surface area contributed by atoms with Gasteiger partial charge >= 0.3 is 8.80 Å². The number of rotatable bonds is 5. The fourth-order valence-electron chi connectivity index (χ4n) is 2.08. The summed E-state index contributed by atoms with van der Waals surface area (Å²) in [5.41, 5.74) is 2.09. The topological polar surface area (TPSA) is 36.9 Å². The molecule has 0 heterocycles. The Morgan fingerprint density at radius 3 is 1.82 bits per heavy atom. The average Bonchev–Trinajstić information content (AvgIpc) is 2.35. The lowest BCUT2D eigenvalue weighted by atomic mass is 10.1. The molecule has 0 amide bonds. The lowest BCUT2D eigenvalue weighted by molar-refractivity contribution is 0.140. The zero-order chi connectivity index (χ0) is 13.1. The predicted molar refractivity (Wildman–Crippen MR) is 68.9 cm³/mol. The van der Waals surface area contributed by atoms with Crippen molar-refractivity contribution in [3.63, 3.8) is 0 Å². The van der Waals surface area contributed by atoms with Crippen LogP contribution in [0.15, 0.2) is 12.1 Å². The zero-order valence-electron chi connectivity index (χ0n) is 11.3. The van der Waals surface area contributed by atoms with Gasteiger partial charge in [-0.05, 0) is 31.0 Å². The Hall–Kier alpha value is -0.883. The molecule has 0 fully saturated rings. The monoisotopic (exact) mass is 256 g/mol. The molecule has 1 rings (SSSR count). The van der Waals surface area contributed by atoms with Gasteiger partial charge in [0, 0.05) is 26.5 Å². The van der Waals surface area contributed by atoms with Gasteiger partial charge in [0.15, 0.2) is 0 Å². The first-order chi connectivity index (χ1) is 8.06. The van der Waals surface area contributed by atoms with Crippen LogP contribution in [0.4, 0.5) is 0 Å². The van der Waals surface area contributed by atoms with Crippen molar-refractivity contribution in [1.29, 1.82) is 0 Å². The van der Waals surface area contributed by atoms with Crippen LogP contribution in [0.5, 0.6) is 5.75 Å². The van der Waals surface area contributed by atoms with Gasteiger partial charge in [-0.1, -0.05) is 6.07 Å². The third-order valence-electron chi connectivity index (χ3n) is 2.96. The number of benzene rings is 1. The minimum Gasteiger partial charge on any atom is -0.496 e. The van der Waals surface area contributed by atoms with Crippen LogP contribution in [0.25, 0.3) is 0 Å². The maximum atomic E-state index is 5.52. The molecule has 0 bridgehead atoms. The molecular weight excluding hydrogens is 236 g/mol. The molecule has 1 aromatic carbocycles. The van der Waals surface area contributed by atoms with Crippen molar-refractivity contribution in [1.82, 2.24) is 0 Å². The second-order valence-electron chi connectivity index (χ2n) is 3.75. The summed E-state index contributed by atoms with van der Waals surface area (Å²) in [6.45, 7) is 4.00. The van der Waals surface area contributed by atoms with Crippen LogP contribution in [-0.2, 0) is 13.3 Å². The Bertz CT molecular complexity index is 380. The molecule has 5 heteroatoms. The molecule has 0 aliphatic rings. The third-order valence-corrected chi connectivity index (χ3v) is 5.95. The van der Waals surface area contributed by atoms with Crippen LogP contribution in [0.3, 0.4) is 0 Å². The molecule has 17 heavy (non-hydrogen) atoms. The van der Waals surface area contributed by atoms with E-state index in [1.54, 1.807) is 28.4 Å². The van der Waals surface area contributed by atoms with Gasteiger partial charge in [0.2, 0.25) is 0 Å². The van der Waals surface area contributed by atoms with E-state index in [0.717, 1.165) is 22.1 Å². The van der Waals surface area contributed by atoms with E-state index in [1.807, 2.05) is 26.0 Å². The first-order valence-corrected chi connectivity index (χ1v) is 7.08. The quantitative estimate of drug-likeness (QED) is 0.746. The number of ether oxygens (including phenoxy) is 1. The van der Waals surface area contributed by atoms with Gasteiger partial charge in [0.1, 0.15) is 5.75 Å². The number of methoxy groups -OCH3 is 1. The van der Waals surface area contributed by atoms with Crippen molar-refractivity contribution in [3.05, 3.63) is 23.3 Å². The van der Waals surface area contributed by atoms with Gasteiger partial charge in [0.25, 0.3) is 0 Å². The van der Waals surface area contributed by atoms with Gasteiger partial charge in [-0.15, -0.1) is 0 Å². The summed E-state index contributed by atoms with van der Waals surface area (Å²) in [5.74, 6) is 0.814. The lowest BCUT2D eigenvalue weighted by Crippen LogP contribution is -2.56. The van der Waals surface area contributed by atoms with Crippen LogP contribution in [-0.4, -0.2) is 37.2 Å². The highest BCUT2D eigenvalue weighted by Gasteiger charge is 2.43. The van der Waals surface area contributed by atoms with Crippen molar-refractivity contribution in [2.45, 2.75) is 13.8 Å². The van der Waals surface area contributed by atoms with Crippen molar-refractivity contribution < 1.29 is 18.0 Å². The van der Waals surface area contributed by atoms with Gasteiger partial charge in [-0.2, -0.15) is 0 Å². The van der Waals surface area contributed by atoms with E-state index in [1.165, 1.54) is 0 Å². The summed E-state index contributed by atoms with van der Waals surface area (Å²) in [6, 6.07) is 3.92. The number of aryl methyl sites for hydroxylation is 1. The van der Waals surface area contributed by atoms with Gasteiger partial charge < -0.3 is 18.0 Å². The van der Waals surface area contributed by atoms with Crippen LogP contribution in [0.2, 0.25) is 0 Å². The SMILES string of the molecule is COc1ccc(C)c([Si](OC)(OC)OC)c1C. The third kappa shape index (κ3) is 2.37. The molecule has 0 radical (unpaired) electrons. The van der Waals surface area contributed by atoms with Crippen LogP contribution < -0.4 is 9.92 Å². The molecule has 0 unspecified atom stereocenters. The predicted octanol–water partition coefficient (Wildman–Crippen LogP) is 1.40. The summed E-state index contributed by atoms with van der Waals surface area (Å²) >= 11 is 0. The van der Waals surface area contributed by atoms with Crippen LogP contribution in [0.1, 0.15) is 11.1 Å². The summed E-state index contributed by atoms with van der Waals surface area (Å²) in [7, 11) is 3.67. The Morgan fingerprint density at radius 2 is 1.41 bits per heavy atom. The highest BCUT2D eigenvalue weighted by Crippen LogP contribution is 2.21. The van der Waals surface area contributed by atoms with E-state index >= 15 is 0 Å². The Kier molecular flexibility index (Phi) is 4.70. The highest BCUT2D eigenvalue weighted by atomic mass is 28.4. The van der Waals surface area contributed by atoms with E-state index in [4.69, 9.17) is 18.0 Å². The molecule has 0 spiro atoms. The first-order valence-electron chi connectivity index (χ1n) is 5.36. The van der Waals surface area contributed by atoms with Crippen LogP contribution in [0, 0.1) is 13.8 Å². The zero-order valence-corrected chi connectivity index (χ0v) is 12.3. The highest BCUT2D eigenvalue weighted by molar-refractivity contribution is 6.76. The Morgan fingerprint density at radius 1 is 0.882 bits per heavy atom. The number of hydrogen-bond acceptors (Lipinski definition) is 4. The molecule has 0 aliphatic carbocycles. The van der Waals surface area contributed by atoms with Crippen molar-refractivity contribution in [3.8, 4) is 5.75 Å². The van der Waals surface area contributed by atoms with Gasteiger partial charge in [-0.3, -0.25) is 0 Å². The summed E-state index contributed by atoms with van der Waals surface area (Å²) in [4.78, 5) is 0. The average molecular weight is 256 g/mol. The van der Waals surface area contributed by atoms with E-state index in [9.17, 15) is 0 Å². The maximum absolute atomic E-state index is 5.52. The number of hydrogen-bond donors (Lipinski definition) is 0. The van der Waals surface area contributed by atoms with E-state index in [0.29, 0.717) is 0 Å². The second-order valence-corrected chi connectivity index (χ2v) is 6.59. The van der Waals surface area contributed by atoms with Crippen LogP contribution >= 0.6 is 0 Å². The second kappa shape index (κ2) is 5.64. The molecule has 4 nitrogen and oxygen atoms in total. The molecule has 0 atom stereocenters. The van der Waals surface area contributed by atoms with Gasteiger partial charge in [-0.25, -0.2) is 0 Å². The normalized spacial score (nSPS) is 11.6. The molecule has 0 aliphatic heterocycles. The van der Waals surface area contributed by atoms with Crippen molar-refractivity contribution >= 4 is 14.0 Å². The summed E-state index contributed by atoms with van der Waals surface area (Å²) in [5, 5.41) is 0.976. The van der Waals surface area contributed by atoms with E-state index in [-0.39, 0.29) is 0 Å². The maximum Gasteiger partial charge on any atom is 0.537 e. The Balaban J connectivity index is 3.46. The molecule has 0 N–H and O–H groups in total. The molecule has 0 saturated heterocycles. The minimum atomic E-state index is -2.81. The smallest absolute Gasteiger partial charge is 0.496 e. The fourth-order valence-corrected chi connectivity index (χ4v) is 4.34. The standard InChI is InChI=1S/C12H20O4Si/c1-9-7-8-11(13-3)10(2)12(9)17(14-4,15-5)16-6/h7-8H,1-6H3. The largest absolute Gasteiger partial charge is 0.537 e. The van der Waals surface area contributed by atoms with Crippen molar-refractivity contribution in [2.24, 2.45) is 0 Å². The first kappa shape index (κ1) is 14.2. The van der Waals surface area contributed by atoms with Crippen molar-refractivity contribution in [2.75, 3.05) is 28.4 Å². The fraction of sp³-hybridized carbons (Fsp3) is 0.500.